The number of H-pyrrole nitrogens is 1. The van der Waals surface area contributed by atoms with Gasteiger partial charge in [-0.15, -0.1) is 0 Å². The van der Waals surface area contributed by atoms with Crippen LogP contribution in [0.2, 0.25) is 0 Å². The van der Waals surface area contributed by atoms with Crippen molar-refractivity contribution >= 4 is 39.4 Å². The van der Waals surface area contributed by atoms with Gasteiger partial charge in [0.05, 0.1) is 17.8 Å². The van der Waals surface area contributed by atoms with Crippen molar-refractivity contribution in [3.63, 3.8) is 0 Å². The molecule has 2 N–H and O–H groups in total. The number of nitrogens with one attached hydrogen (secondary N) is 2. The monoisotopic (exact) mass is 465 g/mol. The fourth-order valence-electron chi connectivity index (χ4n) is 5.21. The average molecular weight is 466 g/mol. The molecule has 4 heterocycles. The van der Waals surface area contributed by atoms with E-state index in [0.717, 1.165) is 42.7 Å². The van der Waals surface area contributed by atoms with Crippen LogP contribution < -0.4 is 10.2 Å². The van der Waals surface area contributed by atoms with Gasteiger partial charge in [0.25, 0.3) is 0 Å². The molecule has 2 atom stereocenters. The fourth-order valence-corrected chi connectivity index (χ4v) is 5.78. The van der Waals surface area contributed by atoms with Crippen LogP contribution in [0.25, 0.3) is 11.0 Å². The molecule has 3 aromatic rings. The first-order valence-electron chi connectivity index (χ1n) is 11.0. The second-order valence-electron chi connectivity index (χ2n) is 9.22. The molecule has 2 fully saturated rings. The van der Waals surface area contributed by atoms with Crippen molar-refractivity contribution in [2.24, 2.45) is 11.8 Å². The van der Waals surface area contributed by atoms with Crippen molar-refractivity contribution < 1.29 is 4.79 Å². The standard InChI is InChI=1S/C22H27N9OS/c1-29(2)12-18-26-21(33-28-18)27-22(32)31-10-13-6-16(7-14(13)11-31)30(3)19-15(8-23)9-25-20-17(19)4-5-24-20/h4-5,9,13-14,16H,6-7,10-12H2,1-3H3,(H,24,25)(H,26,27,28,32). The Morgan fingerprint density at radius 1 is 1.33 bits per heavy atom. The Kier molecular flexibility index (Phi) is 5.64. The zero-order valence-electron chi connectivity index (χ0n) is 18.9. The summed E-state index contributed by atoms with van der Waals surface area (Å²) in [5, 5.41) is 14.1. The number of hydrogen-bond donors (Lipinski definition) is 2. The molecule has 1 saturated heterocycles. The SMILES string of the molecule is CN(C)Cc1nsc(NC(=O)N2CC3CC(N(C)c4c(C#N)cnc5[nH]ccc45)CC3C2)n1. The Morgan fingerprint density at radius 2 is 2.09 bits per heavy atom. The molecule has 1 aliphatic carbocycles. The molecule has 2 aliphatic rings. The summed E-state index contributed by atoms with van der Waals surface area (Å²) in [4.78, 5) is 30.8. The molecule has 1 saturated carbocycles. The van der Waals surface area contributed by atoms with Gasteiger partial charge in [-0.25, -0.2) is 14.8 Å². The molecule has 3 aromatic heterocycles. The third kappa shape index (κ3) is 4.12. The lowest BCUT2D eigenvalue weighted by atomic mass is 10.0. The highest BCUT2D eigenvalue weighted by Gasteiger charge is 2.44. The van der Waals surface area contributed by atoms with Crippen molar-refractivity contribution in [3.05, 3.63) is 29.8 Å². The number of amides is 2. The van der Waals surface area contributed by atoms with Gasteiger partial charge in [0.15, 0.2) is 5.82 Å². The molecule has 10 nitrogen and oxygen atoms in total. The minimum atomic E-state index is -0.100. The molecule has 0 bridgehead atoms. The van der Waals surface area contributed by atoms with E-state index in [-0.39, 0.29) is 6.03 Å². The number of rotatable bonds is 5. The van der Waals surface area contributed by atoms with Crippen LogP contribution in [-0.4, -0.2) is 75.4 Å². The first kappa shape index (κ1) is 21.6. The average Bonchev–Trinajstić information content (AvgIpc) is 3.55. The number of nitrogens with zero attached hydrogens (tertiary/aromatic N) is 7. The second kappa shape index (κ2) is 8.61. The predicted molar refractivity (Wildman–Crippen MR) is 127 cm³/mol. The summed E-state index contributed by atoms with van der Waals surface area (Å²) in [6, 6.07) is 4.51. The number of pyridine rings is 1. The lowest BCUT2D eigenvalue weighted by Crippen LogP contribution is -2.36. The Labute approximate surface area is 196 Å². The molecule has 2 unspecified atom stereocenters. The summed E-state index contributed by atoms with van der Waals surface area (Å²) in [6.07, 6.45) is 5.49. The number of fused-ring (bicyclic) bond motifs is 2. The fraction of sp³-hybridized carbons (Fsp3) is 0.500. The first-order chi connectivity index (χ1) is 15.9. The lowest BCUT2D eigenvalue weighted by molar-refractivity contribution is 0.218. The highest BCUT2D eigenvalue weighted by molar-refractivity contribution is 7.09. The minimum Gasteiger partial charge on any atom is -0.370 e. The lowest BCUT2D eigenvalue weighted by Gasteiger charge is -2.29. The van der Waals surface area contributed by atoms with E-state index in [4.69, 9.17) is 0 Å². The summed E-state index contributed by atoms with van der Waals surface area (Å²) >= 11 is 1.22. The zero-order valence-corrected chi connectivity index (χ0v) is 19.8. The summed E-state index contributed by atoms with van der Waals surface area (Å²) < 4.78 is 4.30. The van der Waals surface area contributed by atoms with Gasteiger partial charge in [-0.3, -0.25) is 5.32 Å². The second-order valence-corrected chi connectivity index (χ2v) is 9.97. The molecule has 11 heteroatoms. The topological polar surface area (TPSA) is 117 Å². The van der Waals surface area contributed by atoms with Crippen molar-refractivity contribution in [1.82, 2.24) is 29.1 Å². The van der Waals surface area contributed by atoms with Gasteiger partial charge in [0.1, 0.15) is 11.7 Å². The number of carbonyl (C=O) groups excluding carboxylic acids is 1. The molecule has 5 rings (SSSR count). The highest BCUT2D eigenvalue weighted by Crippen LogP contribution is 2.42. The maximum Gasteiger partial charge on any atom is 0.323 e. The first-order valence-corrected chi connectivity index (χ1v) is 11.8. The van der Waals surface area contributed by atoms with Crippen molar-refractivity contribution in [2.75, 3.05) is 44.4 Å². The van der Waals surface area contributed by atoms with Crippen LogP contribution >= 0.6 is 11.5 Å². The molecule has 1 aliphatic heterocycles. The Morgan fingerprint density at radius 3 is 2.79 bits per heavy atom. The maximum absolute atomic E-state index is 12.8. The third-order valence-corrected chi connectivity index (χ3v) is 7.40. The van der Waals surface area contributed by atoms with Crippen molar-refractivity contribution in [1.29, 1.82) is 5.26 Å². The third-order valence-electron chi connectivity index (χ3n) is 6.73. The number of aromatic nitrogens is 4. The van der Waals surface area contributed by atoms with E-state index < -0.39 is 0 Å². The van der Waals surface area contributed by atoms with Gasteiger partial charge in [0, 0.05) is 55.5 Å². The van der Waals surface area contributed by atoms with E-state index in [9.17, 15) is 10.1 Å². The zero-order chi connectivity index (χ0) is 23.1. The van der Waals surface area contributed by atoms with E-state index in [0.29, 0.717) is 40.9 Å². The van der Waals surface area contributed by atoms with E-state index in [2.05, 4.69) is 42.7 Å². The molecule has 172 valence electrons. The number of carbonyl (C=O) groups is 1. The number of aromatic amines is 1. The largest absolute Gasteiger partial charge is 0.370 e. The Bertz CT molecular complexity index is 1200. The van der Waals surface area contributed by atoms with Gasteiger partial charge in [-0.05, 0) is 44.8 Å². The Balaban J connectivity index is 1.22. The molecule has 0 radical (unpaired) electrons. The van der Waals surface area contributed by atoms with Crippen LogP contribution in [0.1, 0.15) is 24.2 Å². The van der Waals surface area contributed by atoms with Crippen molar-refractivity contribution in [2.45, 2.75) is 25.4 Å². The summed E-state index contributed by atoms with van der Waals surface area (Å²) in [5.74, 6) is 1.63. The van der Waals surface area contributed by atoms with Gasteiger partial charge < -0.3 is 19.7 Å². The van der Waals surface area contributed by atoms with Gasteiger partial charge >= 0.3 is 6.03 Å². The van der Waals surface area contributed by atoms with E-state index in [1.54, 1.807) is 6.20 Å². The quantitative estimate of drug-likeness (QED) is 0.595. The Hall–Kier alpha value is -3.23. The van der Waals surface area contributed by atoms with Crippen molar-refractivity contribution in [3.8, 4) is 6.07 Å². The molecule has 2 amide bonds. The molecule has 0 aromatic carbocycles. The van der Waals surface area contributed by atoms with Crippen LogP contribution in [0.4, 0.5) is 15.6 Å². The number of hydrogen-bond acceptors (Lipinski definition) is 8. The molecule has 33 heavy (non-hydrogen) atoms. The normalized spacial score (nSPS) is 22.0. The summed E-state index contributed by atoms with van der Waals surface area (Å²) in [5.41, 5.74) is 2.32. The predicted octanol–water partition coefficient (Wildman–Crippen LogP) is 2.73. The summed E-state index contributed by atoms with van der Waals surface area (Å²) in [6.45, 7) is 2.13. The van der Waals surface area contributed by atoms with Crippen LogP contribution in [-0.2, 0) is 6.54 Å². The van der Waals surface area contributed by atoms with Gasteiger partial charge in [0.2, 0.25) is 5.13 Å². The van der Waals surface area contributed by atoms with E-state index in [1.807, 2.05) is 36.2 Å². The van der Waals surface area contributed by atoms with Crippen LogP contribution in [0.5, 0.6) is 0 Å². The number of nitriles is 1. The smallest absolute Gasteiger partial charge is 0.323 e. The van der Waals surface area contributed by atoms with E-state index in [1.165, 1.54) is 11.5 Å². The van der Waals surface area contributed by atoms with Gasteiger partial charge in [-0.1, -0.05) is 0 Å². The molecular formula is C22H27N9OS. The number of anilines is 2. The number of likely N-dealkylation sites (tertiary alicyclic amines) is 1. The number of urea groups is 1. The van der Waals surface area contributed by atoms with E-state index >= 15 is 0 Å². The van der Waals surface area contributed by atoms with Crippen LogP contribution in [0.15, 0.2) is 18.5 Å². The molecule has 0 spiro atoms. The minimum absolute atomic E-state index is 0.100. The van der Waals surface area contributed by atoms with Crippen LogP contribution in [0, 0.1) is 23.2 Å². The molecular weight excluding hydrogens is 438 g/mol. The maximum atomic E-state index is 12.8. The van der Waals surface area contributed by atoms with Crippen LogP contribution in [0.3, 0.4) is 0 Å². The summed E-state index contributed by atoms with van der Waals surface area (Å²) in [7, 11) is 5.99. The highest BCUT2D eigenvalue weighted by atomic mass is 32.1. The van der Waals surface area contributed by atoms with Gasteiger partial charge in [-0.2, -0.15) is 9.64 Å².